The second kappa shape index (κ2) is 6.29. The fourth-order valence-electron chi connectivity index (χ4n) is 4.52. The van der Waals surface area contributed by atoms with Crippen LogP contribution in [0.2, 0.25) is 0 Å². The van der Waals surface area contributed by atoms with Crippen LogP contribution in [0.3, 0.4) is 0 Å². The van der Waals surface area contributed by atoms with Crippen LogP contribution < -0.4 is 9.64 Å². The minimum absolute atomic E-state index is 0.182. The van der Waals surface area contributed by atoms with E-state index >= 15 is 0 Å². The summed E-state index contributed by atoms with van der Waals surface area (Å²) >= 11 is 0. The molecule has 2 heteroatoms. The van der Waals surface area contributed by atoms with Crippen molar-refractivity contribution in [3.63, 3.8) is 0 Å². The van der Waals surface area contributed by atoms with Crippen molar-refractivity contribution in [2.24, 2.45) is 0 Å². The first-order chi connectivity index (χ1) is 14.0. The Labute approximate surface area is 172 Å². The number of likely N-dealkylation sites (N-methyl/N-ethyl adjacent to an activating group) is 1. The molecule has 3 aromatic carbocycles. The highest BCUT2D eigenvalue weighted by molar-refractivity contribution is 5.72. The third-order valence-electron chi connectivity index (χ3n) is 6.22. The van der Waals surface area contributed by atoms with Crippen LogP contribution in [-0.2, 0) is 5.41 Å². The third kappa shape index (κ3) is 2.58. The highest BCUT2D eigenvalue weighted by atomic mass is 16.5. The molecule has 0 aromatic heterocycles. The molecule has 0 N–H and O–H groups in total. The number of benzene rings is 3. The monoisotopic (exact) mass is 377 g/mol. The number of anilines is 1. The Morgan fingerprint density at radius 2 is 1.55 bits per heavy atom. The predicted molar refractivity (Wildman–Crippen MR) is 119 cm³/mol. The topological polar surface area (TPSA) is 12.5 Å². The average Bonchev–Trinajstić information content (AvgIpc) is 2.92. The molecule has 0 saturated carbocycles. The van der Waals surface area contributed by atoms with E-state index in [1.807, 2.05) is 42.5 Å². The lowest BCUT2D eigenvalue weighted by Crippen LogP contribution is -2.58. The van der Waals surface area contributed by atoms with Gasteiger partial charge >= 0.3 is 0 Å². The van der Waals surface area contributed by atoms with Crippen LogP contribution in [-0.4, -0.2) is 12.8 Å². The smallest absolute Gasteiger partial charge is 0.211 e. The van der Waals surface area contributed by atoms with Crippen molar-refractivity contribution in [2.45, 2.75) is 25.0 Å². The molecular weight excluding hydrogens is 354 g/mol. The van der Waals surface area contributed by atoms with Gasteiger partial charge in [0.05, 0.1) is 5.41 Å². The maximum Gasteiger partial charge on any atom is 0.211 e. The fraction of sp³-hybridized carbons (Fsp3) is 0.185. The molecule has 0 amide bonds. The molecule has 0 fully saturated rings. The van der Waals surface area contributed by atoms with E-state index < -0.39 is 5.72 Å². The summed E-state index contributed by atoms with van der Waals surface area (Å²) in [6, 6.07) is 24.8. The van der Waals surface area contributed by atoms with Gasteiger partial charge in [0.25, 0.3) is 0 Å². The Kier molecular flexibility index (Phi) is 3.83. The molecule has 2 aliphatic rings. The summed E-state index contributed by atoms with van der Waals surface area (Å²) in [5, 5.41) is 0. The van der Waals surface area contributed by atoms with E-state index in [0.717, 1.165) is 22.4 Å². The summed E-state index contributed by atoms with van der Waals surface area (Å²) in [5.74, 6) is 7.38. The molecule has 0 radical (unpaired) electrons. The van der Waals surface area contributed by atoms with E-state index in [9.17, 15) is 0 Å². The molecule has 0 bridgehead atoms. The van der Waals surface area contributed by atoms with Crippen LogP contribution in [0.25, 0.3) is 6.08 Å². The first-order valence-corrected chi connectivity index (χ1v) is 9.94. The van der Waals surface area contributed by atoms with Gasteiger partial charge in [-0.1, -0.05) is 48.2 Å². The molecule has 0 aliphatic carbocycles. The van der Waals surface area contributed by atoms with Crippen molar-refractivity contribution in [1.82, 2.24) is 0 Å². The average molecular weight is 377 g/mol. The van der Waals surface area contributed by atoms with Crippen LogP contribution >= 0.6 is 0 Å². The molecule has 1 spiro atoms. The van der Waals surface area contributed by atoms with Crippen molar-refractivity contribution in [2.75, 3.05) is 11.9 Å². The van der Waals surface area contributed by atoms with Gasteiger partial charge in [-0.05, 0) is 68.0 Å². The summed E-state index contributed by atoms with van der Waals surface area (Å²) in [6.07, 6.45) is 4.38. The lowest BCUT2D eigenvalue weighted by Gasteiger charge is -2.45. The van der Waals surface area contributed by atoms with E-state index in [1.165, 1.54) is 11.3 Å². The van der Waals surface area contributed by atoms with Gasteiger partial charge in [0.15, 0.2) is 0 Å². The van der Waals surface area contributed by atoms with Crippen molar-refractivity contribution in [3.8, 4) is 17.6 Å². The third-order valence-corrected chi connectivity index (χ3v) is 6.22. The Morgan fingerprint density at radius 1 is 0.828 bits per heavy atom. The Bertz CT molecular complexity index is 1180. The quantitative estimate of drug-likeness (QED) is 0.472. The summed E-state index contributed by atoms with van der Waals surface area (Å²) in [4.78, 5) is 2.25. The summed E-state index contributed by atoms with van der Waals surface area (Å²) < 4.78 is 6.70. The molecule has 2 aliphatic heterocycles. The molecule has 3 aromatic rings. The summed E-state index contributed by atoms with van der Waals surface area (Å²) in [6.45, 7) is 4.51. The van der Waals surface area contributed by atoms with Crippen molar-refractivity contribution in [3.05, 3.63) is 101 Å². The van der Waals surface area contributed by atoms with Crippen LogP contribution in [0, 0.1) is 11.8 Å². The van der Waals surface area contributed by atoms with Gasteiger partial charge in [0, 0.05) is 29.4 Å². The molecule has 29 heavy (non-hydrogen) atoms. The van der Waals surface area contributed by atoms with Crippen LogP contribution in [0.4, 0.5) is 5.69 Å². The van der Waals surface area contributed by atoms with Gasteiger partial charge in [-0.3, -0.25) is 0 Å². The van der Waals surface area contributed by atoms with Gasteiger partial charge in [0.1, 0.15) is 5.75 Å². The number of ether oxygens (including phenoxy) is 1. The van der Waals surface area contributed by atoms with Gasteiger partial charge in [0.2, 0.25) is 5.72 Å². The normalized spacial score (nSPS) is 20.4. The first-order valence-electron chi connectivity index (χ1n) is 9.94. The molecule has 142 valence electrons. The van der Waals surface area contributed by atoms with Crippen molar-refractivity contribution >= 4 is 11.8 Å². The number of rotatable bonds is 0. The van der Waals surface area contributed by atoms with Crippen LogP contribution in [0.5, 0.6) is 5.75 Å². The lowest BCUT2D eigenvalue weighted by molar-refractivity contribution is 0.0582. The fourth-order valence-corrected chi connectivity index (χ4v) is 4.52. The number of hydrogen-bond donors (Lipinski definition) is 0. The number of nitrogens with zero attached hydrogens (tertiary/aromatic N) is 1. The highest BCUT2D eigenvalue weighted by Crippen LogP contribution is 2.54. The zero-order valence-corrected chi connectivity index (χ0v) is 16.9. The second-order valence-corrected chi connectivity index (χ2v) is 8.20. The van der Waals surface area contributed by atoms with Gasteiger partial charge in [-0.25, -0.2) is 0 Å². The number of hydrogen-bond acceptors (Lipinski definition) is 2. The molecule has 5 rings (SSSR count). The maximum atomic E-state index is 6.70. The number of para-hydroxylation sites is 1. The molecule has 0 saturated heterocycles. The van der Waals surface area contributed by atoms with Gasteiger partial charge in [-0.2, -0.15) is 0 Å². The van der Waals surface area contributed by atoms with Crippen molar-refractivity contribution < 1.29 is 4.74 Å². The Balaban J connectivity index is 1.51. The standard InChI is InChI=1S/C27H23NO/c1-26(2)23-11-7-8-12-24(23)28(3)27(26)18-17-22-19-21(15-16-25(22)29-27)14-13-20-9-5-4-6-10-20/h4-12,15-19H,1-3H3. The summed E-state index contributed by atoms with van der Waals surface area (Å²) in [7, 11) is 2.11. The van der Waals surface area contributed by atoms with Gasteiger partial charge in [-0.15, -0.1) is 0 Å². The minimum Gasteiger partial charge on any atom is -0.463 e. The largest absolute Gasteiger partial charge is 0.463 e. The minimum atomic E-state index is -0.541. The van der Waals surface area contributed by atoms with Crippen LogP contribution in [0.15, 0.2) is 78.9 Å². The zero-order chi connectivity index (χ0) is 20.1. The van der Waals surface area contributed by atoms with E-state index in [-0.39, 0.29) is 5.41 Å². The Morgan fingerprint density at radius 3 is 2.34 bits per heavy atom. The van der Waals surface area contributed by atoms with E-state index in [0.29, 0.717) is 0 Å². The molecule has 1 unspecified atom stereocenters. The van der Waals surface area contributed by atoms with Crippen molar-refractivity contribution in [1.29, 1.82) is 0 Å². The zero-order valence-electron chi connectivity index (χ0n) is 16.9. The van der Waals surface area contributed by atoms with Crippen LogP contribution in [0.1, 0.15) is 36.1 Å². The maximum absolute atomic E-state index is 6.70. The molecule has 1 atom stereocenters. The highest BCUT2D eigenvalue weighted by Gasteiger charge is 2.57. The molecular formula is C27H23NO. The molecule has 2 heterocycles. The van der Waals surface area contributed by atoms with E-state index in [1.54, 1.807) is 0 Å². The van der Waals surface area contributed by atoms with E-state index in [4.69, 9.17) is 4.74 Å². The second-order valence-electron chi connectivity index (χ2n) is 8.20. The lowest BCUT2D eigenvalue weighted by atomic mass is 9.76. The SMILES string of the molecule is CN1c2ccccc2C(C)(C)C12C=Cc1cc(C#Cc3ccccc3)ccc1O2. The predicted octanol–water partition coefficient (Wildman–Crippen LogP) is 5.62. The first kappa shape index (κ1) is 17.6. The molecule has 2 nitrogen and oxygen atoms in total. The van der Waals surface area contributed by atoms with Gasteiger partial charge < -0.3 is 9.64 Å². The van der Waals surface area contributed by atoms with E-state index in [2.05, 4.69) is 80.1 Å². The Hall–Kier alpha value is -3.44. The summed E-state index contributed by atoms with van der Waals surface area (Å²) in [5.41, 5.74) is 4.87. The number of fused-ring (bicyclic) bond motifs is 2.